The molecule has 1 aliphatic heterocycles. The Morgan fingerprint density at radius 2 is 2.19 bits per heavy atom. The molecule has 0 radical (unpaired) electrons. The third-order valence-corrected chi connectivity index (χ3v) is 5.46. The van der Waals surface area contributed by atoms with Crippen molar-refractivity contribution < 1.29 is 4.39 Å². The van der Waals surface area contributed by atoms with Crippen molar-refractivity contribution in [2.24, 2.45) is 5.92 Å². The summed E-state index contributed by atoms with van der Waals surface area (Å²) in [6.45, 7) is 7.27. The quantitative estimate of drug-likeness (QED) is 0.909. The van der Waals surface area contributed by atoms with Gasteiger partial charge in [0, 0.05) is 36.2 Å². The fourth-order valence-electron chi connectivity index (χ4n) is 3.34. The zero-order valence-electron chi connectivity index (χ0n) is 12.8. The van der Waals surface area contributed by atoms with Gasteiger partial charge < -0.3 is 5.32 Å². The molecule has 4 heteroatoms. The minimum atomic E-state index is -0.203. The van der Waals surface area contributed by atoms with Crippen LogP contribution < -0.4 is 5.32 Å². The van der Waals surface area contributed by atoms with Gasteiger partial charge in [-0.25, -0.2) is 4.39 Å². The lowest BCUT2D eigenvalue weighted by atomic mass is 9.91. The van der Waals surface area contributed by atoms with Crippen LogP contribution in [0.4, 0.5) is 4.39 Å². The molecule has 2 fully saturated rings. The number of hydrogen-bond acceptors (Lipinski definition) is 2. The molecule has 1 saturated carbocycles. The van der Waals surface area contributed by atoms with Crippen LogP contribution in [0, 0.1) is 11.7 Å². The molecule has 1 saturated heterocycles. The van der Waals surface area contributed by atoms with E-state index in [1.54, 1.807) is 12.1 Å². The second kappa shape index (κ2) is 5.86. The van der Waals surface area contributed by atoms with Crippen LogP contribution in [0.3, 0.4) is 0 Å². The first-order valence-electron chi connectivity index (χ1n) is 7.94. The molecule has 2 aliphatic rings. The molecule has 2 atom stereocenters. The van der Waals surface area contributed by atoms with E-state index in [0.29, 0.717) is 11.1 Å². The molecular formula is C17H24ClFN2. The summed E-state index contributed by atoms with van der Waals surface area (Å²) in [5.41, 5.74) is 1.05. The number of hydrogen-bond donors (Lipinski definition) is 1. The average Bonchev–Trinajstić information content (AvgIpc) is 3.28. The molecule has 0 bridgehead atoms. The Hall–Kier alpha value is -0.640. The number of benzene rings is 1. The van der Waals surface area contributed by atoms with Gasteiger partial charge in [0.2, 0.25) is 0 Å². The summed E-state index contributed by atoms with van der Waals surface area (Å²) in [7, 11) is 0. The number of halogens is 2. The number of nitrogens with one attached hydrogen (secondary N) is 1. The second-order valence-electron chi connectivity index (χ2n) is 6.84. The van der Waals surface area contributed by atoms with Gasteiger partial charge in [0.05, 0.1) is 0 Å². The Morgan fingerprint density at radius 1 is 1.43 bits per heavy atom. The van der Waals surface area contributed by atoms with E-state index in [4.69, 9.17) is 11.6 Å². The first kappa shape index (κ1) is 15.3. The minimum absolute atomic E-state index is 0.144. The van der Waals surface area contributed by atoms with Crippen LogP contribution in [-0.4, -0.2) is 29.6 Å². The highest BCUT2D eigenvalue weighted by Crippen LogP contribution is 2.38. The van der Waals surface area contributed by atoms with E-state index in [0.717, 1.165) is 37.5 Å². The van der Waals surface area contributed by atoms with Gasteiger partial charge in [-0.2, -0.15) is 0 Å². The van der Waals surface area contributed by atoms with Gasteiger partial charge in [-0.1, -0.05) is 18.5 Å². The van der Waals surface area contributed by atoms with Crippen LogP contribution in [0.15, 0.2) is 18.2 Å². The zero-order chi connectivity index (χ0) is 15.0. The lowest BCUT2D eigenvalue weighted by Gasteiger charge is -2.46. The first-order valence-corrected chi connectivity index (χ1v) is 8.31. The molecule has 3 rings (SSSR count). The van der Waals surface area contributed by atoms with Crippen molar-refractivity contribution in [1.29, 1.82) is 0 Å². The summed E-state index contributed by atoms with van der Waals surface area (Å²) in [4.78, 5) is 2.51. The number of rotatable bonds is 4. The van der Waals surface area contributed by atoms with Crippen LogP contribution in [0.25, 0.3) is 0 Å². The zero-order valence-corrected chi connectivity index (χ0v) is 13.6. The largest absolute Gasteiger partial charge is 0.309 e. The van der Waals surface area contributed by atoms with E-state index in [-0.39, 0.29) is 11.4 Å². The van der Waals surface area contributed by atoms with Crippen molar-refractivity contribution >= 4 is 11.6 Å². The summed E-state index contributed by atoms with van der Waals surface area (Å²) in [5, 5.41) is 4.38. The SMILES string of the molecule is CCC1(C)CN(Cc2cc(F)ccc2Cl)C(C2CC2)CN1. The van der Waals surface area contributed by atoms with Gasteiger partial charge in [-0.3, -0.25) is 4.90 Å². The summed E-state index contributed by atoms with van der Waals surface area (Å²) in [6, 6.07) is 5.24. The predicted molar refractivity (Wildman–Crippen MR) is 85.0 cm³/mol. The maximum atomic E-state index is 13.5. The Bertz CT molecular complexity index is 518. The van der Waals surface area contributed by atoms with Crippen LogP contribution >= 0.6 is 11.6 Å². The lowest BCUT2D eigenvalue weighted by molar-refractivity contribution is 0.0662. The fourth-order valence-corrected chi connectivity index (χ4v) is 3.52. The van der Waals surface area contributed by atoms with E-state index in [1.807, 2.05) is 0 Å². The molecular weight excluding hydrogens is 287 g/mol. The molecule has 1 aliphatic carbocycles. The first-order chi connectivity index (χ1) is 10.0. The maximum absolute atomic E-state index is 13.5. The van der Waals surface area contributed by atoms with Crippen LogP contribution in [0.5, 0.6) is 0 Å². The van der Waals surface area contributed by atoms with Gasteiger partial charge in [-0.05, 0) is 55.9 Å². The van der Waals surface area contributed by atoms with Gasteiger partial charge in [0.1, 0.15) is 5.82 Å². The van der Waals surface area contributed by atoms with Crippen molar-refractivity contribution in [3.8, 4) is 0 Å². The van der Waals surface area contributed by atoms with Crippen molar-refractivity contribution in [3.05, 3.63) is 34.6 Å². The highest BCUT2D eigenvalue weighted by Gasteiger charge is 2.41. The molecule has 0 aromatic heterocycles. The van der Waals surface area contributed by atoms with Crippen molar-refractivity contribution in [3.63, 3.8) is 0 Å². The van der Waals surface area contributed by atoms with Crippen molar-refractivity contribution in [1.82, 2.24) is 10.2 Å². The molecule has 1 aromatic rings. The van der Waals surface area contributed by atoms with E-state index < -0.39 is 0 Å². The topological polar surface area (TPSA) is 15.3 Å². The predicted octanol–water partition coefficient (Wildman–Crippen LogP) is 3.83. The summed E-state index contributed by atoms with van der Waals surface area (Å²) < 4.78 is 13.5. The molecule has 1 N–H and O–H groups in total. The third-order valence-electron chi connectivity index (χ3n) is 5.09. The average molecular weight is 311 g/mol. The Morgan fingerprint density at radius 3 is 2.86 bits per heavy atom. The normalized spacial score (nSPS) is 30.6. The maximum Gasteiger partial charge on any atom is 0.123 e. The standard InChI is InChI=1S/C17H24ClFN2/c1-3-17(2)11-21(16(9-20-17)12-4-5-12)10-13-8-14(19)6-7-15(13)18/h6-8,12,16,20H,3-5,9-11H2,1-2H3. The second-order valence-corrected chi connectivity index (χ2v) is 7.25. The molecule has 0 amide bonds. The molecule has 1 aromatic carbocycles. The van der Waals surface area contributed by atoms with Gasteiger partial charge in [-0.15, -0.1) is 0 Å². The molecule has 0 spiro atoms. The molecule has 2 nitrogen and oxygen atoms in total. The Kier molecular flexibility index (Phi) is 4.26. The summed E-state index contributed by atoms with van der Waals surface area (Å²) >= 11 is 6.25. The lowest BCUT2D eigenvalue weighted by Crippen LogP contribution is -2.62. The van der Waals surface area contributed by atoms with E-state index in [1.165, 1.54) is 18.9 Å². The highest BCUT2D eigenvalue weighted by atomic mass is 35.5. The van der Waals surface area contributed by atoms with Gasteiger partial charge in [0.25, 0.3) is 0 Å². The van der Waals surface area contributed by atoms with Crippen LogP contribution in [-0.2, 0) is 6.54 Å². The molecule has 1 heterocycles. The minimum Gasteiger partial charge on any atom is -0.309 e. The Balaban J connectivity index is 1.80. The van der Waals surface area contributed by atoms with Gasteiger partial charge >= 0.3 is 0 Å². The number of nitrogens with zero attached hydrogens (tertiary/aromatic N) is 1. The Labute approximate surface area is 131 Å². The van der Waals surface area contributed by atoms with E-state index in [9.17, 15) is 4.39 Å². The summed E-state index contributed by atoms with van der Waals surface area (Å²) in [5.74, 6) is 0.594. The van der Waals surface area contributed by atoms with Crippen molar-refractivity contribution in [2.75, 3.05) is 13.1 Å². The highest BCUT2D eigenvalue weighted by molar-refractivity contribution is 6.31. The molecule has 116 valence electrons. The van der Waals surface area contributed by atoms with Crippen molar-refractivity contribution in [2.45, 2.75) is 51.2 Å². The molecule has 21 heavy (non-hydrogen) atoms. The fraction of sp³-hybridized carbons (Fsp3) is 0.647. The van der Waals surface area contributed by atoms with Crippen LogP contribution in [0.1, 0.15) is 38.7 Å². The van der Waals surface area contributed by atoms with E-state index >= 15 is 0 Å². The summed E-state index contributed by atoms with van der Waals surface area (Å²) in [6.07, 6.45) is 3.74. The molecule has 2 unspecified atom stereocenters. The van der Waals surface area contributed by atoms with Crippen LogP contribution in [0.2, 0.25) is 5.02 Å². The monoisotopic (exact) mass is 310 g/mol. The van der Waals surface area contributed by atoms with E-state index in [2.05, 4.69) is 24.1 Å². The smallest absolute Gasteiger partial charge is 0.123 e. The van der Waals surface area contributed by atoms with Gasteiger partial charge in [0.15, 0.2) is 0 Å². The number of piperazine rings is 1. The third kappa shape index (κ3) is 3.41.